The summed E-state index contributed by atoms with van der Waals surface area (Å²) in [5, 5.41) is 2.58. The summed E-state index contributed by atoms with van der Waals surface area (Å²) in [4.78, 5) is 27.6. The minimum absolute atomic E-state index is 0.343. The Labute approximate surface area is 147 Å². The normalized spacial score (nSPS) is 10.9. The second kappa shape index (κ2) is 7.79. The molecule has 0 atom stereocenters. The SMILES string of the molecule is CCOC(=O)c1ccc(-c2ccc(NC(=O)OC(C)(C)C)nc2)cc1. The van der Waals surface area contributed by atoms with E-state index in [0.717, 1.165) is 11.1 Å². The first-order chi connectivity index (χ1) is 11.8. The molecule has 1 aromatic carbocycles. The average Bonchev–Trinajstić information content (AvgIpc) is 2.54. The summed E-state index contributed by atoms with van der Waals surface area (Å²) in [5.41, 5.74) is 1.71. The first-order valence-electron chi connectivity index (χ1n) is 8.02. The molecule has 6 nitrogen and oxygen atoms in total. The van der Waals surface area contributed by atoms with Gasteiger partial charge in [0.15, 0.2) is 0 Å². The topological polar surface area (TPSA) is 77.5 Å². The first kappa shape index (κ1) is 18.4. The van der Waals surface area contributed by atoms with E-state index >= 15 is 0 Å². The van der Waals surface area contributed by atoms with E-state index in [1.165, 1.54) is 0 Å². The lowest BCUT2D eigenvalue weighted by molar-refractivity contribution is 0.0525. The maximum atomic E-state index is 11.7. The number of pyridine rings is 1. The molecule has 25 heavy (non-hydrogen) atoms. The van der Waals surface area contributed by atoms with Crippen molar-refractivity contribution in [1.82, 2.24) is 4.98 Å². The Hall–Kier alpha value is -2.89. The van der Waals surface area contributed by atoms with Gasteiger partial charge in [-0.05, 0) is 57.5 Å². The number of amides is 1. The largest absolute Gasteiger partial charge is 0.462 e. The van der Waals surface area contributed by atoms with Crippen molar-refractivity contribution < 1.29 is 19.1 Å². The van der Waals surface area contributed by atoms with E-state index < -0.39 is 11.7 Å². The Morgan fingerprint density at radius 3 is 2.20 bits per heavy atom. The van der Waals surface area contributed by atoms with E-state index in [-0.39, 0.29) is 5.97 Å². The highest BCUT2D eigenvalue weighted by molar-refractivity contribution is 5.90. The summed E-state index contributed by atoms with van der Waals surface area (Å²) < 4.78 is 10.1. The highest BCUT2D eigenvalue weighted by atomic mass is 16.6. The Morgan fingerprint density at radius 2 is 1.68 bits per heavy atom. The van der Waals surface area contributed by atoms with Crippen molar-refractivity contribution >= 4 is 17.9 Å². The Bertz CT molecular complexity index is 732. The molecule has 132 valence electrons. The summed E-state index contributed by atoms with van der Waals surface area (Å²) in [6.45, 7) is 7.50. The molecular weight excluding hydrogens is 320 g/mol. The summed E-state index contributed by atoms with van der Waals surface area (Å²) in [6.07, 6.45) is 1.10. The second-order valence-corrected chi connectivity index (χ2v) is 6.36. The third-order valence-corrected chi connectivity index (χ3v) is 3.12. The van der Waals surface area contributed by atoms with Gasteiger partial charge in [-0.1, -0.05) is 12.1 Å². The van der Waals surface area contributed by atoms with Crippen molar-refractivity contribution in [1.29, 1.82) is 0 Å². The summed E-state index contributed by atoms with van der Waals surface area (Å²) in [6, 6.07) is 10.6. The first-order valence-corrected chi connectivity index (χ1v) is 8.02. The van der Waals surface area contributed by atoms with Crippen molar-refractivity contribution in [3.05, 3.63) is 48.2 Å². The van der Waals surface area contributed by atoms with E-state index in [4.69, 9.17) is 9.47 Å². The fourth-order valence-corrected chi connectivity index (χ4v) is 2.06. The van der Waals surface area contributed by atoms with Crippen LogP contribution in [-0.2, 0) is 9.47 Å². The number of hydrogen-bond acceptors (Lipinski definition) is 5. The lowest BCUT2D eigenvalue weighted by Crippen LogP contribution is -2.27. The van der Waals surface area contributed by atoms with Gasteiger partial charge in [-0.25, -0.2) is 14.6 Å². The third-order valence-electron chi connectivity index (χ3n) is 3.12. The molecule has 0 saturated heterocycles. The van der Waals surface area contributed by atoms with Crippen LogP contribution in [0.4, 0.5) is 10.6 Å². The van der Waals surface area contributed by atoms with Crippen LogP contribution in [0.5, 0.6) is 0 Å². The van der Waals surface area contributed by atoms with Gasteiger partial charge in [-0.3, -0.25) is 5.32 Å². The van der Waals surface area contributed by atoms with Crippen molar-refractivity contribution in [2.45, 2.75) is 33.3 Å². The zero-order valence-corrected chi connectivity index (χ0v) is 14.8. The molecule has 0 aliphatic carbocycles. The zero-order chi connectivity index (χ0) is 18.4. The number of carbonyl (C=O) groups is 2. The molecule has 2 rings (SSSR count). The van der Waals surface area contributed by atoms with Gasteiger partial charge in [0.05, 0.1) is 12.2 Å². The summed E-state index contributed by atoms with van der Waals surface area (Å²) in [7, 11) is 0. The molecule has 0 spiro atoms. The lowest BCUT2D eigenvalue weighted by Gasteiger charge is -2.19. The highest BCUT2D eigenvalue weighted by Crippen LogP contribution is 2.21. The predicted molar refractivity (Wildman–Crippen MR) is 95.5 cm³/mol. The summed E-state index contributed by atoms with van der Waals surface area (Å²) in [5.74, 6) is 0.0604. The van der Waals surface area contributed by atoms with Gasteiger partial charge in [-0.2, -0.15) is 0 Å². The lowest BCUT2D eigenvalue weighted by atomic mass is 10.1. The monoisotopic (exact) mass is 342 g/mol. The number of aromatic nitrogens is 1. The van der Waals surface area contributed by atoms with Gasteiger partial charge >= 0.3 is 12.1 Å². The number of hydrogen-bond donors (Lipinski definition) is 1. The average molecular weight is 342 g/mol. The predicted octanol–water partition coefficient (Wildman–Crippen LogP) is 4.27. The van der Waals surface area contributed by atoms with Crippen molar-refractivity contribution in [3.63, 3.8) is 0 Å². The smallest absolute Gasteiger partial charge is 0.413 e. The molecular formula is C19H22N2O4. The van der Waals surface area contributed by atoms with Crippen molar-refractivity contribution in [3.8, 4) is 11.1 Å². The molecule has 0 saturated carbocycles. The summed E-state index contributed by atoms with van der Waals surface area (Å²) >= 11 is 0. The number of rotatable bonds is 4. The fourth-order valence-electron chi connectivity index (χ4n) is 2.06. The van der Waals surface area contributed by atoms with Gasteiger partial charge in [0, 0.05) is 11.8 Å². The second-order valence-electron chi connectivity index (χ2n) is 6.36. The molecule has 0 radical (unpaired) electrons. The number of anilines is 1. The number of ether oxygens (including phenoxy) is 2. The molecule has 6 heteroatoms. The standard InChI is InChI=1S/C19H22N2O4/c1-5-24-17(22)14-8-6-13(7-9-14)15-10-11-16(20-12-15)21-18(23)25-19(2,3)4/h6-12H,5H2,1-4H3,(H,20,21,23). The van der Waals surface area contributed by atoms with E-state index in [9.17, 15) is 9.59 Å². The number of benzene rings is 1. The Kier molecular flexibility index (Phi) is 5.75. The fraction of sp³-hybridized carbons (Fsp3) is 0.316. The van der Waals surface area contributed by atoms with E-state index in [2.05, 4.69) is 10.3 Å². The van der Waals surface area contributed by atoms with Gasteiger partial charge in [0.2, 0.25) is 0 Å². The van der Waals surface area contributed by atoms with Crippen LogP contribution >= 0.6 is 0 Å². The van der Waals surface area contributed by atoms with E-state index in [1.807, 2.05) is 18.2 Å². The van der Waals surface area contributed by atoms with Crippen LogP contribution in [0.25, 0.3) is 11.1 Å². The van der Waals surface area contributed by atoms with Crippen LogP contribution in [0.1, 0.15) is 38.1 Å². The minimum atomic E-state index is -0.565. The molecule has 1 heterocycles. The van der Waals surface area contributed by atoms with Crippen LogP contribution in [-0.4, -0.2) is 29.3 Å². The van der Waals surface area contributed by atoms with Gasteiger partial charge in [0.25, 0.3) is 0 Å². The van der Waals surface area contributed by atoms with Crippen LogP contribution < -0.4 is 5.32 Å². The third kappa shape index (κ3) is 5.60. The number of nitrogens with one attached hydrogen (secondary N) is 1. The molecule has 0 bridgehead atoms. The molecule has 1 amide bonds. The highest BCUT2D eigenvalue weighted by Gasteiger charge is 2.16. The minimum Gasteiger partial charge on any atom is -0.462 e. The van der Waals surface area contributed by atoms with Gasteiger partial charge in [0.1, 0.15) is 11.4 Å². The zero-order valence-electron chi connectivity index (χ0n) is 14.8. The Balaban J connectivity index is 2.04. The quantitative estimate of drug-likeness (QED) is 0.840. The molecule has 0 unspecified atom stereocenters. The van der Waals surface area contributed by atoms with Crippen LogP contribution in [0, 0.1) is 0 Å². The van der Waals surface area contributed by atoms with Crippen molar-refractivity contribution in [2.75, 3.05) is 11.9 Å². The maximum Gasteiger partial charge on any atom is 0.413 e. The van der Waals surface area contributed by atoms with Gasteiger partial charge < -0.3 is 9.47 Å². The molecule has 0 fully saturated rings. The number of esters is 1. The molecule has 1 N–H and O–H groups in total. The molecule has 0 aliphatic heterocycles. The van der Waals surface area contributed by atoms with Crippen molar-refractivity contribution in [2.24, 2.45) is 0 Å². The molecule has 1 aromatic heterocycles. The number of nitrogens with zero attached hydrogens (tertiary/aromatic N) is 1. The van der Waals surface area contributed by atoms with Crippen LogP contribution in [0.3, 0.4) is 0 Å². The molecule has 0 aliphatic rings. The van der Waals surface area contributed by atoms with Crippen LogP contribution in [0.2, 0.25) is 0 Å². The van der Waals surface area contributed by atoms with Crippen LogP contribution in [0.15, 0.2) is 42.6 Å². The number of carbonyl (C=O) groups excluding carboxylic acids is 2. The maximum absolute atomic E-state index is 11.7. The molecule has 2 aromatic rings. The Morgan fingerprint density at radius 1 is 1.04 bits per heavy atom. The van der Waals surface area contributed by atoms with E-state index in [1.54, 1.807) is 52.1 Å². The van der Waals surface area contributed by atoms with E-state index in [0.29, 0.717) is 18.0 Å². The van der Waals surface area contributed by atoms with Gasteiger partial charge in [-0.15, -0.1) is 0 Å².